The molecule has 2 aliphatic rings. The molecular formula is C28H40N7O7P. The third-order valence-electron chi connectivity index (χ3n) is 7.63. The average Bonchev–Trinajstić information content (AvgIpc) is 2.98. The lowest BCUT2D eigenvalue weighted by molar-refractivity contribution is -0.137. The Morgan fingerprint density at radius 1 is 0.953 bits per heavy atom. The summed E-state index contributed by atoms with van der Waals surface area (Å²) in [4.78, 5) is 74.3. The van der Waals surface area contributed by atoms with Crippen LogP contribution >= 0.6 is 7.60 Å². The molecule has 4 rings (SSSR count). The fourth-order valence-electron chi connectivity index (χ4n) is 5.14. The fourth-order valence-corrected chi connectivity index (χ4v) is 5.87. The number of carbonyl (C=O) groups excluding carboxylic acids is 2. The Labute approximate surface area is 250 Å². The van der Waals surface area contributed by atoms with E-state index >= 15 is 0 Å². The van der Waals surface area contributed by atoms with Crippen molar-refractivity contribution in [1.82, 2.24) is 30.0 Å². The summed E-state index contributed by atoms with van der Waals surface area (Å²) < 4.78 is 12.0. The van der Waals surface area contributed by atoms with E-state index in [9.17, 15) is 28.7 Å². The first-order valence-electron chi connectivity index (χ1n) is 14.4. The number of aliphatic carboxylic acids is 1. The van der Waals surface area contributed by atoms with E-state index in [0.29, 0.717) is 69.4 Å². The van der Waals surface area contributed by atoms with Crippen molar-refractivity contribution in [3.05, 3.63) is 42.1 Å². The van der Waals surface area contributed by atoms with Gasteiger partial charge in [-0.2, -0.15) is 0 Å². The third-order valence-corrected chi connectivity index (χ3v) is 8.47. The van der Waals surface area contributed by atoms with Crippen molar-refractivity contribution in [1.29, 1.82) is 0 Å². The minimum Gasteiger partial charge on any atom is -0.481 e. The van der Waals surface area contributed by atoms with Gasteiger partial charge in [0.2, 0.25) is 5.91 Å². The van der Waals surface area contributed by atoms with Gasteiger partial charge in [-0.25, -0.2) is 9.97 Å². The number of hydrogen-bond donors (Lipinski definition) is 4. The summed E-state index contributed by atoms with van der Waals surface area (Å²) in [7, 11) is -2.64. The number of nitrogens with zero attached hydrogens (tertiary/aromatic N) is 6. The molecule has 234 valence electrons. The molecule has 0 unspecified atom stereocenters. The molecule has 3 heterocycles. The number of nitrogens with one attached hydrogen (secondary N) is 1. The number of carboxylic acids is 1. The molecule has 0 spiro atoms. The van der Waals surface area contributed by atoms with E-state index < -0.39 is 37.6 Å². The number of carboxylic acid groups (broad SMARTS) is 1. The van der Waals surface area contributed by atoms with Crippen LogP contribution in [0.3, 0.4) is 0 Å². The van der Waals surface area contributed by atoms with E-state index in [1.54, 1.807) is 6.07 Å². The fraction of sp³-hybridized carbons (Fsp3) is 0.536. The second-order valence-corrected chi connectivity index (χ2v) is 12.7. The van der Waals surface area contributed by atoms with Crippen molar-refractivity contribution >= 4 is 31.2 Å². The van der Waals surface area contributed by atoms with Crippen molar-refractivity contribution in [3.8, 4) is 11.4 Å². The molecule has 2 fully saturated rings. The van der Waals surface area contributed by atoms with Crippen LogP contribution in [0, 0.1) is 0 Å². The summed E-state index contributed by atoms with van der Waals surface area (Å²) in [6.45, 7) is 5.47. The van der Waals surface area contributed by atoms with Crippen LogP contribution in [0.4, 0.5) is 5.82 Å². The van der Waals surface area contributed by atoms with Gasteiger partial charge in [-0.05, 0) is 26.4 Å². The minimum absolute atomic E-state index is 0.00234. The molecule has 14 nitrogen and oxygen atoms in total. The Morgan fingerprint density at radius 3 is 2.26 bits per heavy atom. The van der Waals surface area contributed by atoms with Crippen LogP contribution in [0.15, 0.2) is 36.4 Å². The van der Waals surface area contributed by atoms with E-state index in [1.807, 2.05) is 37.4 Å². The summed E-state index contributed by atoms with van der Waals surface area (Å²) in [5.41, 5.74) is 0.702. The smallest absolute Gasteiger partial charge is 0.328 e. The maximum atomic E-state index is 13.5. The number of piperazine rings is 2. The number of aromatic nitrogens is 2. The van der Waals surface area contributed by atoms with E-state index in [2.05, 4.69) is 25.0 Å². The largest absolute Gasteiger partial charge is 0.481 e. The molecule has 0 aliphatic carbocycles. The minimum atomic E-state index is -4.67. The number of likely N-dealkylation sites (N-methyl/N-ethyl adjacent to an activating group) is 1. The lowest BCUT2D eigenvalue weighted by atomic mass is 10.2. The highest BCUT2D eigenvalue weighted by Gasteiger charge is 2.34. The van der Waals surface area contributed by atoms with Gasteiger partial charge in [0.05, 0.1) is 6.16 Å². The molecule has 1 atom stereocenters. The summed E-state index contributed by atoms with van der Waals surface area (Å²) in [6.07, 6.45) is 0.556. The van der Waals surface area contributed by atoms with Crippen LogP contribution in [-0.4, -0.2) is 135 Å². The Balaban J connectivity index is 1.49. The molecule has 0 saturated carbocycles. The molecule has 0 bridgehead atoms. The topological polar surface area (TPSA) is 180 Å². The molecule has 1 aromatic heterocycles. The van der Waals surface area contributed by atoms with Gasteiger partial charge in [-0.15, -0.1) is 0 Å². The first-order valence-corrected chi connectivity index (χ1v) is 16.2. The predicted molar refractivity (Wildman–Crippen MR) is 160 cm³/mol. The zero-order valence-electron chi connectivity index (χ0n) is 24.3. The SMILES string of the molecule is CN1CCN(c2cc(C(=O)N[C@@H](CP(=O)(O)O)C(=O)N3CCN(CCCCC(=O)O)CC3)nc(-c3ccccc3)n2)CC1. The Morgan fingerprint density at radius 2 is 1.63 bits per heavy atom. The number of rotatable bonds is 12. The van der Waals surface area contributed by atoms with Gasteiger partial charge in [0, 0.05) is 70.4 Å². The highest BCUT2D eigenvalue weighted by Crippen LogP contribution is 2.35. The maximum absolute atomic E-state index is 13.5. The molecule has 0 radical (unpaired) electrons. The number of carbonyl (C=O) groups is 3. The maximum Gasteiger partial charge on any atom is 0.328 e. The zero-order chi connectivity index (χ0) is 31.0. The summed E-state index contributed by atoms with van der Waals surface area (Å²) in [5, 5.41) is 11.4. The molecule has 43 heavy (non-hydrogen) atoms. The van der Waals surface area contributed by atoms with Crippen molar-refractivity contribution < 1.29 is 33.8 Å². The van der Waals surface area contributed by atoms with Crippen molar-refractivity contribution in [2.24, 2.45) is 0 Å². The summed E-state index contributed by atoms with van der Waals surface area (Å²) in [5.74, 6) is -1.23. The highest BCUT2D eigenvalue weighted by molar-refractivity contribution is 7.51. The molecule has 1 aromatic carbocycles. The van der Waals surface area contributed by atoms with E-state index in [-0.39, 0.29) is 12.1 Å². The number of unbranched alkanes of at least 4 members (excludes halogenated alkanes) is 1. The average molecular weight is 618 g/mol. The molecule has 2 saturated heterocycles. The second-order valence-electron chi connectivity index (χ2n) is 11.0. The van der Waals surface area contributed by atoms with Crippen LogP contribution in [0.2, 0.25) is 0 Å². The predicted octanol–water partition coefficient (Wildman–Crippen LogP) is 0.571. The quantitative estimate of drug-likeness (QED) is 0.192. The number of amides is 2. The molecule has 2 aliphatic heterocycles. The van der Waals surface area contributed by atoms with Crippen LogP contribution in [-0.2, 0) is 14.2 Å². The number of benzene rings is 1. The Kier molecular flexibility index (Phi) is 11.2. The summed E-state index contributed by atoms with van der Waals surface area (Å²) in [6, 6.07) is 9.30. The first kappa shape index (κ1) is 32.5. The lowest BCUT2D eigenvalue weighted by Gasteiger charge is -2.36. The molecule has 4 N–H and O–H groups in total. The standard InChI is InChI=1S/C28H40N7O7P/c1-32-11-15-34(16-12-32)24-19-22(29-26(31-24)21-7-3-2-4-8-21)27(38)30-23(20-43(40,41)42)28(39)35-17-13-33(14-18-35)10-6-5-9-25(36)37/h2-4,7-8,19,23H,5-6,9-18,20H2,1H3,(H,30,38)(H,36,37)(H2,40,41,42)/t23-/m0/s1. The monoisotopic (exact) mass is 617 g/mol. The third kappa shape index (κ3) is 9.80. The van der Waals surface area contributed by atoms with Gasteiger partial charge in [-0.3, -0.25) is 23.8 Å². The van der Waals surface area contributed by atoms with E-state index in [4.69, 9.17) is 10.1 Å². The van der Waals surface area contributed by atoms with E-state index in [1.165, 1.54) is 4.90 Å². The zero-order valence-corrected chi connectivity index (χ0v) is 25.2. The molecular weight excluding hydrogens is 577 g/mol. The van der Waals surface area contributed by atoms with Gasteiger partial charge >= 0.3 is 13.6 Å². The first-order chi connectivity index (χ1) is 20.5. The van der Waals surface area contributed by atoms with Crippen molar-refractivity contribution in [2.75, 3.05) is 77.0 Å². The second kappa shape index (κ2) is 14.8. The van der Waals surface area contributed by atoms with Gasteiger partial charge in [0.25, 0.3) is 5.91 Å². The Hall–Kier alpha value is -3.42. The van der Waals surface area contributed by atoms with Gasteiger partial charge < -0.3 is 34.9 Å². The van der Waals surface area contributed by atoms with Crippen molar-refractivity contribution in [2.45, 2.75) is 25.3 Å². The van der Waals surface area contributed by atoms with Crippen molar-refractivity contribution in [3.63, 3.8) is 0 Å². The highest BCUT2D eigenvalue weighted by atomic mass is 31.2. The normalized spacial score (nSPS) is 17.5. The van der Waals surface area contributed by atoms with Crippen LogP contribution < -0.4 is 10.2 Å². The molecule has 2 amide bonds. The molecule has 2 aromatic rings. The molecule has 15 heteroatoms. The number of hydrogen-bond acceptors (Lipinski definition) is 9. The van der Waals surface area contributed by atoms with E-state index in [0.717, 1.165) is 19.5 Å². The number of anilines is 1. The van der Waals surface area contributed by atoms with Gasteiger partial charge in [-0.1, -0.05) is 30.3 Å². The Bertz CT molecular complexity index is 1310. The van der Waals surface area contributed by atoms with Crippen LogP contribution in [0.5, 0.6) is 0 Å². The van der Waals surface area contributed by atoms with Crippen LogP contribution in [0.25, 0.3) is 11.4 Å². The van der Waals surface area contributed by atoms with Gasteiger partial charge in [0.15, 0.2) is 5.82 Å². The summed E-state index contributed by atoms with van der Waals surface area (Å²) >= 11 is 0. The lowest BCUT2D eigenvalue weighted by Crippen LogP contribution is -2.56. The van der Waals surface area contributed by atoms with Gasteiger partial charge in [0.1, 0.15) is 17.6 Å². The van der Waals surface area contributed by atoms with Crippen LogP contribution in [0.1, 0.15) is 29.8 Å².